The van der Waals surface area contributed by atoms with Gasteiger partial charge in [-0.25, -0.2) is 4.39 Å². The first-order valence-corrected chi connectivity index (χ1v) is 12.6. The van der Waals surface area contributed by atoms with Gasteiger partial charge in [-0.05, 0) is 43.0 Å². The lowest BCUT2D eigenvalue weighted by atomic mass is 10.1. The molecule has 4 aromatic rings. The van der Waals surface area contributed by atoms with Crippen LogP contribution in [-0.2, 0) is 22.7 Å². The maximum atomic E-state index is 14.3. The number of carbonyl (C=O) groups excluding carboxylic acids is 3. The fraction of sp³-hybridized carbons (Fsp3) is 0.308. The van der Waals surface area contributed by atoms with Crippen molar-refractivity contribution in [3.63, 3.8) is 0 Å². The molecule has 2 aromatic carbocycles. The predicted molar refractivity (Wildman–Crippen MR) is 136 cm³/mol. The third-order valence-corrected chi connectivity index (χ3v) is 7.64. The van der Waals surface area contributed by atoms with Crippen LogP contribution >= 0.6 is 11.6 Å². The third-order valence-electron chi connectivity index (χ3n) is 7.35. The van der Waals surface area contributed by atoms with E-state index >= 15 is 0 Å². The van der Waals surface area contributed by atoms with Gasteiger partial charge in [0.2, 0.25) is 17.6 Å². The van der Waals surface area contributed by atoms with Crippen LogP contribution in [0.25, 0.3) is 22.3 Å². The quantitative estimate of drug-likeness (QED) is 0.350. The molecule has 10 nitrogen and oxygen atoms in total. The van der Waals surface area contributed by atoms with E-state index in [0.29, 0.717) is 34.3 Å². The summed E-state index contributed by atoms with van der Waals surface area (Å²) in [6.07, 6.45) is 3.08. The van der Waals surface area contributed by atoms with Gasteiger partial charge in [-0.1, -0.05) is 35.9 Å². The SMILES string of the molecule is CC(=O)c1cn(CC(=O)N2[C@@H]3CC3C[C@H]2C(=O)NCc2cccc(Cl)c2F)c2cc(-c3nn[nH]n3)ccc12. The number of nitrogens with zero attached hydrogens (tertiary/aromatic N) is 5. The maximum Gasteiger partial charge on any atom is 0.243 e. The lowest BCUT2D eigenvalue weighted by Gasteiger charge is -2.27. The Bertz CT molecular complexity index is 1590. The number of aromatic nitrogens is 5. The lowest BCUT2D eigenvalue weighted by molar-refractivity contribution is -0.140. The van der Waals surface area contributed by atoms with Gasteiger partial charge in [0.25, 0.3) is 0 Å². The first-order valence-electron chi connectivity index (χ1n) is 12.2. The number of carbonyl (C=O) groups is 3. The third kappa shape index (κ3) is 4.22. The van der Waals surface area contributed by atoms with Gasteiger partial charge in [0, 0.05) is 46.4 Å². The van der Waals surface area contributed by atoms with Crippen LogP contribution in [0.5, 0.6) is 0 Å². The van der Waals surface area contributed by atoms with Gasteiger partial charge >= 0.3 is 0 Å². The molecule has 12 heteroatoms. The fourth-order valence-electron chi connectivity index (χ4n) is 5.39. The van der Waals surface area contributed by atoms with Gasteiger partial charge < -0.3 is 14.8 Å². The molecule has 194 valence electrons. The summed E-state index contributed by atoms with van der Waals surface area (Å²) in [5.41, 5.74) is 2.13. The monoisotopic (exact) mass is 535 g/mol. The van der Waals surface area contributed by atoms with Crippen LogP contribution < -0.4 is 5.32 Å². The molecule has 3 atom stereocenters. The Morgan fingerprint density at radius 2 is 2.05 bits per heavy atom. The van der Waals surface area contributed by atoms with E-state index in [1.54, 1.807) is 39.9 Å². The second-order valence-electron chi connectivity index (χ2n) is 9.74. The largest absolute Gasteiger partial charge is 0.350 e. The molecule has 1 saturated carbocycles. The van der Waals surface area contributed by atoms with Crippen molar-refractivity contribution >= 4 is 40.1 Å². The zero-order valence-corrected chi connectivity index (χ0v) is 21.1. The maximum absolute atomic E-state index is 14.3. The summed E-state index contributed by atoms with van der Waals surface area (Å²) < 4.78 is 16.0. The number of tetrazole rings is 1. The molecule has 38 heavy (non-hydrogen) atoms. The van der Waals surface area contributed by atoms with Gasteiger partial charge in [-0.15, -0.1) is 10.2 Å². The Balaban J connectivity index is 1.24. The fourth-order valence-corrected chi connectivity index (χ4v) is 5.58. The van der Waals surface area contributed by atoms with Crippen LogP contribution in [0.4, 0.5) is 4.39 Å². The second-order valence-corrected chi connectivity index (χ2v) is 10.1. The van der Waals surface area contributed by atoms with E-state index in [2.05, 4.69) is 25.9 Å². The van der Waals surface area contributed by atoms with Crippen molar-refractivity contribution in [1.82, 2.24) is 35.4 Å². The number of aromatic amines is 1. The number of likely N-dealkylation sites (tertiary alicyclic amines) is 1. The molecule has 1 saturated heterocycles. The molecule has 2 N–H and O–H groups in total. The first-order chi connectivity index (χ1) is 18.3. The second kappa shape index (κ2) is 9.32. The lowest BCUT2D eigenvalue weighted by Crippen LogP contribution is -2.48. The van der Waals surface area contributed by atoms with Crippen molar-refractivity contribution in [2.45, 2.75) is 44.9 Å². The van der Waals surface area contributed by atoms with Gasteiger partial charge in [0.1, 0.15) is 18.4 Å². The number of nitrogens with one attached hydrogen (secondary N) is 2. The van der Waals surface area contributed by atoms with Crippen molar-refractivity contribution in [2.24, 2.45) is 5.92 Å². The number of rotatable bonds is 7. The zero-order valence-electron chi connectivity index (χ0n) is 20.3. The summed E-state index contributed by atoms with van der Waals surface area (Å²) >= 11 is 5.85. The summed E-state index contributed by atoms with van der Waals surface area (Å²) in [5, 5.41) is 17.5. The molecule has 6 rings (SSSR count). The van der Waals surface area contributed by atoms with Gasteiger partial charge in [0.05, 0.1) is 5.02 Å². The Hall–Kier alpha value is -4.12. The van der Waals surface area contributed by atoms with Crippen LogP contribution in [0.2, 0.25) is 5.02 Å². The minimum atomic E-state index is -0.641. The van der Waals surface area contributed by atoms with Crippen molar-refractivity contribution in [3.05, 3.63) is 64.6 Å². The van der Waals surface area contributed by atoms with Crippen LogP contribution in [0.3, 0.4) is 0 Å². The first kappa shape index (κ1) is 24.2. The molecule has 1 aliphatic heterocycles. The highest BCUT2D eigenvalue weighted by atomic mass is 35.5. The summed E-state index contributed by atoms with van der Waals surface area (Å²) in [6, 6.07) is 9.40. The molecule has 0 spiro atoms. The van der Waals surface area contributed by atoms with E-state index in [-0.39, 0.29) is 53.2 Å². The highest BCUT2D eigenvalue weighted by molar-refractivity contribution is 6.30. The van der Waals surface area contributed by atoms with Crippen LogP contribution in [0.1, 0.15) is 35.7 Å². The number of halogens is 2. The molecule has 1 aliphatic carbocycles. The van der Waals surface area contributed by atoms with Crippen molar-refractivity contribution in [1.29, 1.82) is 0 Å². The van der Waals surface area contributed by atoms with Gasteiger partial charge in [-0.3, -0.25) is 14.4 Å². The number of hydrogen-bond donors (Lipinski definition) is 2. The number of Topliss-reactive ketones (excluding diaryl/α,β-unsaturated/α-hetero) is 1. The molecule has 1 unspecified atom stereocenters. The minimum absolute atomic E-state index is 0.00477. The molecule has 0 bridgehead atoms. The molecule has 2 aliphatic rings. The predicted octanol–water partition coefficient (Wildman–Crippen LogP) is 3.12. The Morgan fingerprint density at radius 3 is 2.82 bits per heavy atom. The van der Waals surface area contributed by atoms with E-state index in [1.165, 1.54) is 13.0 Å². The zero-order chi connectivity index (χ0) is 26.6. The highest BCUT2D eigenvalue weighted by Gasteiger charge is 2.55. The van der Waals surface area contributed by atoms with E-state index in [0.717, 1.165) is 6.42 Å². The molecule has 0 radical (unpaired) electrons. The number of piperidine rings is 1. The van der Waals surface area contributed by atoms with Crippen molar-refractivity contribution in [2.75, 3.05) is 0 Å². The number of ketones is 1. The summed E-state index contributed by atoms with van der Waals surface area (Å²) in [7, 11) is 0. The van der Waals surface area contributed by atoms with E-state index in [9.17, 15) is 18.8 Å². The Morgan fingerprint density at radius 1 is 1.21 bits per heavy atom. The van der Waals surface area contributed by atoms with E-state index < -0.39 is 11.9 Å². The highest BCUT2D eigenvalue weighted by Crippen LogP contribution is 2.48. The van der Waals surface area contributed by atoms with Crippen LogP contribution in [0, 0.1) is 11.7 Å². The molecule has 2 fully saturated rings. The Kier molecular flexibility index (Phi) is 5.94. The van der Waals surface area contributed by atoms with Crippen LogP contribution in [0.15, 0.2) is 42.6 Å². The molecule has 3 heterocycles. The number of fused-ring (bicyclic) bond motifs is 2. The number of amides is 2. The average molecular weight is 536 g/mol. The number of benzene rings is 2. The molecular formula is C26H23ClFN7O3. The normalized spacial score (nSPS) is 20.0. The summed E-state index contributed by atoms with van der Waals surface area (Å²) in [6.45, 7) is 1.41. The smallest absolute Gasteiger partial charge is 0.243 e. The number of H-pyrrole nitrogens is 1. The molecular weight excluding hydrogens is 513 g/mol. The minimum Gasteiger partial charge on any atom is -0.350 e. The average Bonchev–Trinajstić information content (AvgIpc) is 3.27. The standard InChI is InChI=1S/C26H23ClFN7O3/c1-13(36)18-11-34(21-7-14(5-6-17(18)21)25-30-32-33-31-25)12-23(37)35-20-8-16(20)9-22(35)26(38)29-10-15-3-2-4-19(27)24(15)28/h2-7,11,16,20,22H,8-10,12H2,1H3,(H,29,38)(H,30,31,32,33)/t16?,20-,22+/m1/s1. The molecule has 2 aromatic heterocycles. The van der Waals surface area contributed by atoms with Gasteiger partial charge in [-0.2, -0.15) is 5.21 Å². The van der Waals surface area contributed by atoms with Crippen molar-refractivity contribution in [3.8, 4) is 11.4 Å². The molecule has 2 amide bonds. The topological polar surface area (TPSA) is 126 Å². The summed E-state index contributed by atoms with van der Waals surface area (Å²) in [4.78, 5) is 40.7. The van der Waals surface area contributed by atoms with Crippen LogP contribution in [-0.4, -0.2) is 59.8 Å². The van der Waals surface area contributed by atoms with Gasteiger partial charge in [0.15, 0.2) is 5.78 Å². The van der Waals surface area contributed by atoms with E-state index in [1.807, 2.05) is 6.07 Å². The van der Waals surface area contributed by atoms with E-state index in [4.69, 9.17) is 11.6 Å². The summed E-state index contributed by atoms with van der Waals surface area (Å²) in [5.74, 6) is -0.576. The van der Waals surface area contributed by atoms with Crippen molar-refractivity contribution < 1.29 is 18.8 Å². The number of hydrogen-bond acceptors (Lipinski definition) is 6. The Labute approximate surface area is 221 Å².